The molecule has 13 nitrogen and oxygen atoms in total. The Labute approximate surface area is 406 Å². The number of ether oxygens (including phenoxy) is 3. The average molecular weight is 953 g/mol. The highest BCUT2D eigenvalue weighted by molar-refractivity contribution is 7.10. The molecule has 67 heavy (non-hydrogen) atoms. The minimum absolute atomic E-state index is 0.00255. The molecule has 376 valence electrons. The number of rotatable bonds is 27. The van der Waals surface area contributed by atoms with E-state index in [4.69, 9.17) is 19.2 Å². The van der Waals surface area contributed by atoms with Gasteiger partial charge >= 0.3 is 6.09 Å². The van der Waals surface area contributed by atoms with Crippen molar-refractivity contribution in [2.45, 2.75) is 170 Å². The van der Waals surface area contributed by atoms with Gasteiger partial charge in [0.2, 0.25) is 11.8 Å². The van der Waals surface area contributed by atoms with E-state index in [1.807, 2.05) is 97.5 Å². The molecule has 1 fully saturated rings. The summed E-state index contributed by atoms with van der Waals surface area (Å²) in [5.74, 6) is -1.69. The van der Waals surface area contributed by atoms with E-state index in [-0.39, 0.29) is 90.5 Å². The van der Waals surface area contributed by atoms with Gasteiger partial charge in [-0.05, 0) is 69.8 Å². The van der Waals surface area contributed by atoms with Crippen LogP contribution < -0.4 is 0 Å². The van der Waals surface area contributed by atoms with Crippen LogP contribution in [0.3, 0.4) is 0 Å². The molecule has 1 aliphatic rings. The number of Topliss-reactive ketones (excluding diaryl/α,β-unsaturated/α-hetero) is 3. The number of benzene rings is 1. The maximum atomic E-state index is 14.5. The van der Waals surface area contributed by atoms with Crippen LogP contribution in [0.15, 0.2) is 35.7 Å². The molecule has 2 heterocycles. The van der Waals surface area contributed by atoms with Gasteiger partial charge in [0.15, 0.2) is 5.78 Å². The number of carbonyl (C=O) groups excluding carboxylic acids is 6. The van der Waals surface area contributed by atoms with Crippen LogP contribution in [-0.2, 0) is 39.8 Å². The summed E-state index contributed by atoms with van der Waals surface area (Å²) in [5, 5.41) is 2.46. The number of thiazole rings is 1. The maximum absolute atomic E-state index is 14.5. The fourth-order valence-corrected chi connectivity index (χ4v) is 10.1. The molecular weight excluding hydrogens is 869 g/mol. The molecular formula is C53H84N4O9S. The fourth-order valence-electron chi connectivity index (χ4n) is 9.20. The number of aromatic nitrogens is 1. The molecule has 0 saturated carbocycles. The predicted molar refractivity (Wildman–Crippen MR) is 265 cm³/mol. The van der Waals surface area contributed by atoms with E-state index < -0.39 is 41.8 Å². The van der Waals surface area contributed by atoms with Crippen LogP contribution in [0.25, 0.3) is 0 Å². The average Bonchev–Trinajstić information content (AvgIpc) is 3.98. The summed E-state index contributed by atoms with van der Waals surface area (Å²) in [4.78, 5) is 92.1. The van der Waals surface area contributed by atoms with Gasteiger partial charge in [-0.2, -0.15) is 0 Å². The smallest absolute Gasteiger partial charge is 0.410 e. The van der Waals surface area contributed by atoms with Gasteiger partial charge in [0.25, 0.3) is 0 Å². The number of carbonyl (C=O) groups is 6. The van der Waals surface area contributed by atoms with E-state index in [2.05, 4.69) is 13.8 Å². The summed E-state index contributed by atoms with van der Waals surface area (Å²) in [7, 11) is 6.61. The van der Waals surface area contributed by atoms with Gasteiger partial charge < -0.3 is 28.9 Å². The van der Waals surface area contributed by atoms with E-state index in [0.29, 0.717) is 43.1 Å². The first-order valence-electron chi connectivity index (χ1n) is 24.6. The number of likely N-dealkylation sites (N-methyl/N-ethyl adjacent to an activating group) is 1. The summed E-state index contributed by atoms with van der Waals surface area (Å²) in [5.41, 5.74) is 0.776. The highest BCUT2D eigenvalue weighted by Crippen LogP contribution is 2.34. The Morgan fingerprint density at radius 3 is 2.07 bits per heavy atom. The standard InChI is InChI=1S/C53H84N4O9S/c1-16-35(6)48(56(13)51(62)40(34(4)5)30-45(60)36(7)33(2)3)46(64-14)31-47(61)57-27-20-24-42(57)49(65-15)37(8)44(59)29-39(28-38-22-18-17-19-23-38)50-54-41(32-67-50)43(58)25-21-26-55(12)52(63)66-53(9,10)11/h17-19,22-23,32-37,39-40,42,46,48-49H,16,20-21,24-31H2,1-15H3/t35-,36-,37-,39+,40-,42-,46+,48-,49+/m0/s1. The molecule has 14 heteroatoms. The van der Waals surface area contributed by atoms with Gasteiger partial charge in [-0.15, -0.1) is 11.3 Å². The van der Waals surface area contributed by atoms with Gasteiger partial charge in [0.05, 0.1) is 35.7 Å². The molecule has 3 amide bonds. The van der Waals surface area contributed by atoms with Gasteiger partial charge in [-0.25, -0.2) is 9.78 Å². The van der Waals surface area contributed by atoms with E-state index >= 15 is 0 Å². The first kappa shape index (κ1) is 57.3. The zero-order chi connectivity index (χ0) is 50.3. The van der Waals surface area contributed by atoms with Crippen molar-refractivity contribution in [3.05, 3.63) is 52.0 Å². The maximum Gasteiger partial charge on any atom is 0.410 e. The topological polar surface area (TPSA) is 153 Å². The van der Waals surface area contributed by atoms with Gasteiger partial charge in [0, 0.05) is 89.7 Å². The molecule has 0 spiro atoms. The summed E-state index contributed by atoms with van der Waals surface area (Å²) in [6.07, 6.45) is 2.14. The Morgan fingerprint density at radius 1 is 0.866 bits per heavy atom. The quantitative estimate of drug-likeness (QED) is 0.0792. The number of amides is 3. The lowest BCUT2D eigenvalue weighted by atomic mass is 9.82. The molecule has 0 N–H and O–H groups in total. The van der Waals surface area contributed by atoms with Gasteiger partial charge in [-0.3, -0.25) is 24.0 Å². The molecule has 1 aromatic heterocycles. The molecule has 3 rings (SSSR count). The molecule has 1 aliphatic heterocycles. The minimum Gasteiger partial charge on any atom is -0.444 e. The monoisotopic (exact) mass is 953 g/mol. The largest absolute Gasteiger partial charge is 0.444 e. The number of methoxy groups -OCH3 is 2. The van der Waals surface area contributed by atoms with E-state index in [0.717, 1.165) is 18.4 Å². The third kappa shape index (κ3) is 16.6. The summed E-state index contributed by atoms with van der Waals surface area (Å²) in [6.45, 7) is 22.2. The van der Waals surface area contributed by atoms with Crippen LogP contribution in [0.4, 0.5) is 4.79 Å². The third-order valence-corrected chi connectivity index (χ3v) is 14.9. The number of likely N-dealkylation sites (tertiary alicyclic amines) is 1. The zero-order valence-corrected chi connectivity index (χ0v) is 44.3. The normalized spacial score (nSPS) is 17.9. The Kier molecular flexibility index (Phi) is 22.8. The third-order valence-electron chi connectivity index (χ3n) is 13.9. The molecule has 2 aromatic rings. The fraction of sp³-hybridized carbons (Fsp3) is 0.717. The second-order valence-electron chi connectivity index (χ2n) is 20.7. The summed E-state index contributed by atoms with van der Waals surface area (Å²) >= 11 is 1.37. The second-order valence-corrected chi connectivity index (χ2v) is 21.6. The Balaban J connectivity index is 1.79. The first-order valence-corrected chi connectivity index (χ1v) is 25.5. The van der Waals surface area contributed by atoms with Crippen molar-refractivity contribution in [3.8, 4) is 0 Å². The Bertz CT molecular complexity index is 1910. The van der Waals surface area contributed by atoms with Crippen molar-refractivity contribution in [3.63, 3.8) is 0 Å². The molecule has 0 radical (unpaired) electrons. The summed E-state index contributed by atoms with van der Waals surface area (Å²) in [6, 6.07) is 9.15. The Hall–Kier alpha value is -4.01. The molecule has 0 aliphatic carbocycles. The molecule has 1 aromatic carbocycles. The number of hydrogen-bond donors (Lipinski definition) is 0. The lowest BCUT2D eigenvalue weighted by molar-refractivity contribution is -0.149. The lowest BCUT2D eigenvalue weighted by Crippen LogP contribution is -2.54. The molecule has 9 atom stereocenters. The Morgan fingerprint density at radius 2 is 1.51 bits per heavy atom. The van der Waals surface area contributed by atoms with Crippen LogP contribution >= 0.6 is 11.3 Å². The van der Waals surface area contributed by atoms with Crippen LogP contribution in [0.1, 0.15) is 155 Å². The van der Waals surface area contributed by atoms with Crippen molar-refractivity contribution in [1.29, 1.82) is 0 Å². The summed E-state index contributed by atoms with van der Waals surface area (Å²) < 4.78 is 17.7. The van der Waals surface area contributed by atoms with Crippen LogP contribution in [0.5, 0.6) is 0 Å². The van der Waals surface area contributed by atoms with E-state index in [1.54, 1.807) is 38.6 Å². The predicted octanol–water partition coefficient (Wildman–Crippen LogP) is 9.70. The lowest BCUT2D eigenvalue weighted by Gasteiger charge is -2.41. The minimum atomic E-state index is -0.614. The number of ketones is 3. The zero-order valence-electron chi connectivity index (χ0n) is 43.5. The highest BCUT2D eigenvalue weighted by Gasteiger charge is 2.43. The van der Waals surface area contributed by atoms with Crippen molar-refractivity contribution < 1.29 is 43.0 Å². The first-order chi connectivity index (χ1) is 31.4. The van der Waals surface area contributed by atoms with Crippen LogP contribution in [-0.4, -0.2) is 126 Å². The van der Waals surface area contributed by atoms with E-state index in [9.17, 15) is 28.8 Å². The van der Waals surface area contributed by atoms with E-state index in [1.165, 1.54) is 16.2 Å². The van der Waals surface area contributed by atoms with Crippen molar-refractivity contribution >= 4 is 46.6 Å². The van der Waals surface area contributed by atoms with Crippen molar-refractivity contribution in [2.75, 3.05) is 41.4 Å². The van der Waals surface area contributed by atoms with Crippen molar-refractivity contribution in [2.24, 2.45) is 35.5 Å². The van der Waals surface area contributed by atoms with Gasteiger partial charge in [0.1, 0.15) is 22.9 Å². The second kappa shape index (κ2) is 26.7. The molecule has 0 unspecified atom stereocenters. The molecule has 0 bridgehead atoms. The molecule has 1 saturated heterocycles. The van der Waals surface area contributed by atoms with Crippen molar-refractivity contribution in [1.82, 2.24) is 19.7 Å². The van der Waals surface area contributed by atoms with Crippen LogP contribution in [0.2, 0.25) is 0 Å². The number of hydrogen-bond acceptors (Lipinski definition) is 11. The van der Waals surface area contributed by atoms with Crippen LogP contribution in [0, 0.1) is 35.5 Å². The SMILES string of the molecule is CC[C@H](C)[C@@H]([C@@H](CC(=O)N1CCC[C@H]1[C@H](OC)[C@@H](C)C(=O)C[C@@H](Cc1ccccc1)c1nc(C(=O)CCCN(C)C(=O)OC(C)(C)C)cs1)OC)N(C)C(=O)[C@@H](CC(=O)[C@@H](C)C(C)C)C(C)C. The number of nitrogens with zero attached hydrogens (tertiary/aromatic N) is 4. The van der Waals surface area contributed by atoms with Gasteiger partial charge in [-0.1, -0.05) is 92.1 Å². The highest BCUT2D eigenvalue weighted by atomic mass is 32.1.